The van der Waals surface area contributed by atoms with E-state index in [9.17, 15) is 14.4 Å². The van der Waals surface area contributed by atoms with Crippen LogP contribution in [-0.4, -0.2) is 42.3 Å². The molecule has 2 aromatic carbocycles. The Hall–Kier alpha value is -3.39. The van der Waals surface area contributed by atoms with E-state index in [2.05, 4.69) is 35.1 Å². The molecule has 33 heavy (non-hydrogen) atoms. The summed E-state index contributed by atoms with van der Waals surface area (Å²) in [5.74, 6) is -2.16. The maximum atomic E-state index is 12.7. The quantitative estimate of drug-likeness (QED) is 0.437. The number of hydrogen-bond acceptors (Lipinski definition) is 5. The van der Waals surface area contributed by atoms with Gasteiger partial charge < -0.3 is 15.2 Å². The first-order valence-corrected chi connectivity index (χ1v) is 11.3. The average Bonchev–Trinajstić information content (AvgIpc) is 2.94. The number of carbonyl (C=O) groups is 3. The molecule has 2 aliphatic rings. The number of alkyl carbamates (subject to hydrolysis) is 1. The summed E-state index contributed by atoms with van der Waals surface area (Å²) in [5, 5.41) is 11.5. The molecule has 8 heteroatoms. The highest BCUT2D eigenvalue weighted by Gasteiger charge is 2.33. The number of benzene rings is 2. The zero-order valence-corrected chi connectivity index (χ0v) is 18.3. The van der Waals surface area contributed by atoms with E-state index in [1.165, 1.54) is 0 Å². The second-order valence-electron chi connectivity index (χ2n) is 8.47. The van der Waals surface area contributed by atoms with Gasteiger partial charge in [0.15, 0.2) is 6.61 Å². The van der Waals surface area contributed by atoms with Crippen molar-refractivity contribution in [2.24, 2.45) is 5.92 Å². The normalized spacial score (nSPS) is 19.6. The molecule has 174 valence electrons. The Morgan fingerprint density at radius 1 is 0.909 bits per heavy atom. The Morgan fingerprint density at radius 2 is 1.55 bits per heavy atom. The number of hydrogen-bond donors (Lipinski definition) is 3. The third-order valence-corrected chi connectivity index (χ3v) is 6.37. The van der Waals surface area contributed by atoms with Gasteiger partial charge in [0, 0.05) is 12.0 Å². The zero-order valence-electron chi connectivity index (χ0n) is 18.3. The van der Waals surface area contributed by atoms with Gasteiger partial charge in [-0.3, -0.25) is 9.63 Å². The summed E-state index contributed by atoms with van der Waals surface area (Å²) >= 11 is 0. The largest absolute Gasteiger partial charge is 0.479 e. The number of carbonyl (C=O) groups excluding carboxylic acids is 2. The van der Waals surface area contributed by atoms with E-state index in [1.54, 1.807) is 0 Å². The number of rotatable bonds is 7. The molecule has 4 rings (SSSR count). The summed E-state index contributed by atoms with van der Waals surface area (Å²) in [6.07, 6.45) is 3.35. The molecule has 2 unspecified atom stereocenters. The molecule has 0 heterocycles. The summed E-state index contributed by atoms with van der Waals surface area (Å²) in [5.41, 5.74) is 6.78. The van der Waals surface area contributed by atoms with Crippen LogP contribution in [0.3, 0.4) is 0 Å². The summed E-state index contributed by atoms with van der Waals surface area (Å²) in [6, 6.07) is 15.8. The van der Waals surface area contributed by atoms with Crippen LogP contribution in [0.15, 0.2) is 48.5 Å². The minimum Gasteiger partial charge on any atom is -0.479 e. The molecule has 8 nitrogen and oxygen atoms in total. The van der Waals surface area contributed by atoms with Crippen LogP contribution in [0.2, 0.25) is 0 Å². The van der Waals surface area contributed by atoms with Crippen LogP contribution in [0.4, 0.5) is 4.79 Å². The van der Waals surface area contributed by atoms with Crippen LogP contribution in [-0.2, 0) is 19.2 Å². The van der Waals surface area contributed by atoms with E-state index in [4.69, 9.17) is 14.7 Å². The lowest BCUT2D eigenvalue weighted by Gasteiger charge is -2.25. The molecule has 2 aliphatic carbocycles. The number of amides is 2. The second-order valence-corrected chi connectivity index (χ2v) is 8.47. The van der Waals surface area contributed by atoms with E-state index in [-0.39, 0.29) is 12.5 Å². The predicted octanol–water partition coefficient (Wildman–Crippen LogP) is 3.61. The Kier molecular flexibility index (Phi) is 7.24. The molecule has 2 aromatic rings. The monoisotopic (exact) mass is 452 g/mol. The smallest absolute Gasteiger partial charge is 0.407 e. The Bertz CT molecular complexity index is 978. The highest BCUT2D eigenvalue weighted by molar-refractivity contribution is 5.80. The van der Waals surface area contributed by atoms with Crippen LogP contribution in [0.1, 0.15) is 49.1 Å². The molecule has 3 N–H and O–H groups in total. The summed E-state index contributed by atoms with van der Waals surface area (Å²) < 4.78 is 5.63. The Balaban J connectivity index is 1.38. The molecule has 0 aromatic heterocycles. The lowest BCUT2D eigenvalue weighted by atomic mass is 9.94. The van der Waals surface area contributed by atoms with E-state index in [0.717, 1.165) is 41.5 Å². The molecule has 0 radical (unpaired) electrons. The summed E-state index contributed by atoms with van der Waals surface area (Å²) in [6.45, 7) is -0.423. The van der Waals surface area contributed by atoms with Gasteiger partial charge in [0.2, 0.25) is 5.91 Å². The highest BCUT2D eigenvalue weighted by atomic mass is 16.7. The average molecular weight is 453 g/mol. The van der Waals surface area contributed by atoms with Crippen molar-refractivity contribution in [1.82, 2.24) is 10.8 Å². The third kappa shape index (κ3) is 5.34. The van der Waals surface area contributed by atoms with Crippen LogP contribution in [0.5, 0.6) is 0 Å². The van der Waals surface area contributed by atoms with E-state index >= 15 is 0 Å². The predicted molar refractivity (Wildman–Crippen MR) is 120 cm³/mol. The van der Waals surface area contributed by atoms with Crippen molar-refractivity contribution in [2.75, 3.05) is 13.2 Å². The van der Waals surface area contributed by atoms with Gasteiger partial charge in [-0.2, -0.15) is 0 Å². The van der Waals surface area contributed by atoms with Crippen LogP contribution < -0.4 is 10.8 Å². The topological polar surface area (TPSA) is 114 Å². The molecule has 0 saturated heterocycles. The summed E-state index contributed by atoms with van der Waals surface area (Å²) in [4.78, 5) is 40.6. The van der Waals surface area contributed by atoms with Crippen LogP contribution >= 0.6 is 0 Å². The Labute approximate surface area is 192 Å². The minimum atomic E-state index is -1.18. The van der Waals surface area contributed by atoms with Gasteiger partial charge in [0.05, 0.1) is 5.92 Å². The third-order valence-electron chi connectivity index (χ3n) is 6.37. The minimum absolute atomic E-state index is 0.0409. The van der Waals surface area contributed by atoms with Gasteiger partial charge in [-0.15, -0.1) is 0 Å². The molecular formula is C25H28N2O6. The van der Waals surface area contributed by atoms with Crippen molar-refractivity contribution in [3.05, 3.63) is 59.7 Å². The van der Waals surface area contributed by atoms with Crippen molar-refractivity contribution in [3.63, 3.8) is 0 Å². The lowest BCUT2D eigenvalue weighted by Crippen LogP contribution is -2.47. The fraction of sp³-hybridized carbons (Fsp3) is 0.400. The number of hydroxylamine groups is 1. The van der Waals surface area contributed by atoms with Crippen molar-refractivity contribution < 1.29 is 29.1 Å². The number of fused-ring (bicyclic) bond motifs is 3. The van der Waals surface area contributed by atoms with Crippen LogP contribution in [0, 0.1) is 5.92 Å². The lowest BCUT2D eigenvalue weighted by molar-refractivity contribution is -0.151. The highest BCUT2D eigenvalue weighted by Crippen LogP contribution is 2.44. The maximum absolute atomic E-state index is 12.7. The molecule has 1 fully saturated rings. The molecule has 0 bridgehead atoms. The molecular weight excluding hydrogens is 424 g/mol. The fourth-order valence-corrected chi connectivity index (χ4v) is 4.83. The first-order chi connectivity index (χ1) is 16.0. The molecule has 1 saturated carbocycles. The van der Waals surface area contributed by atoms with Crippen molar-refractivity contribution in [1.29, 1.82) is 0 Å². The SMILES string of the molecule is O=C(O)CONC(=O)C1CCCCCC1NC(=O)OCC1c2ccccc2-c2ccccc21. The Morgan fingerprint density at radius 3 is 2.21 bits per heavy atom. The molecule has 0 spiro atoms. The molecule has 2 atom stereocenters. The first kappa shape index (κ1) is 22.8. The van der Waals surface area contributed by atoms with Crippen molar-refractivity contribution in [3.8, 4) is 11.1 Å². The first-order valence-electron chi connectivity index (χ1n) is 11.3. The number of carboxylic acid groups (broad SMARTS) is 1. The van der Waals surface area contributed by atoms with Gasteiger partial charge >= 0.3 is 12.1 Å². The standard InChI is InChI=1S/C25H28N2O6/c28-23(29)15-33-27-24(30)20-12-2-1-3-13-22(20)26-25(31)32-14-21-18-10-6-4-8-16(18)17-9-5-7-11-19(17)21/h4-11,20-22H,1-3,12-15H2,(H,26,31)(H,27,30)(H,28,29). The van der Waals surface area contributed by atoms with Gasteiger partial charge in [-0.1, -0.05) is 67.8 Å². The van der Waals surface area contributed by atoms with E-state index in [1.807, 2.05) is 24.3 Å². The second kappa shape index (κ2) is 10.5. The van der Waals surface area contributed by atoms with E-state index in [0.29, 0.717) is 12.8 Å². The van der Waals surface area contributed by atoms with Gasteiger partial charge in [0.1, 0.15) is 6.61 Å². The van der Waals surface area contributed by atoms with Crippen molar-refractivity contribution >= 4 is 18.0 Å². The van der Waals surface area contributed by atoms with Gasteiger partial charge in [-0.25, -0.2) is 15.1 Å². The van der Waals surface area contributed by atoms with Gasteiger partial charge in [0.25, 0.3) is 0 Å². The fourth-order valence-electron chi connectivity index (χ4n) is 4.83. The molecule has 2 amide bonds. The summed E-state index contributed by atoms with van der Waals surface area (Å²) in [7, 11) is 0. The van der Waals surface area contributed by atoms with E-state index < -0.39 is 36.5 Å². The molecule has 0 aliphatic heterocycles. The van der Waals surface area contributed by atoms with Crippen LogP contribution in [0.25, 0.3) is 11.1 Å². The van der Waals surface area contributed by atoms with Gasteiger partial charge in [-0.05, 0) is 35.1 Å². The van der Waals surface area contributed by atoms with Crippen molar-refractivity contribution in [2.45, 2.75) is 44.1 Å². The number of ether oxygens (including phenoxy) is 1. The number of nitrogens with one attached hydrogen (secondary N) is 2. The number of carboxylic acids is 1. The maximum Gasteiger partial charge on any atom is 0.407 e. The zero-order chi connectivity index (χ0) is 23.2. The number of aliphatic carboxylic acids is 1.